The molecule has 2 aliphatic rings. The van der Waals surface area contributed by atoms with Gasteiger partial charge in [-0.05, 0) is 19.1 Å². The Morgan fingerprint density at radius 1 is 1.45 bits per heavy atom. The minimum Gasteiger partial charge on any atom is -0.558 e. The minimum absolute atomic E-state index is 0. The van der Waals surface area contributed by atoms with Crippen LogP contribution in [0.15, 0.2) is 6.08 Å². The van der Waals surface area contributed by atoms with Gasteiger partial charge in [0.25, 0.3) is 0 Å². The van der Waals surface area contributed by atoms with Crippen molar-refractivity contribution in [3.05, 3.63) is 36.0 Å². The zero-order valence-electron chi connectivity index (χ0n) is 12.3. The summed E-state index contributed by atoms with van der Waals surface area (Å²) in [4.78, 5) is 7.81. The maximum absolute atomic E-state index is 9.97. The molecule has 1 radical (unpaired) electrons. The van der Waals surface area contributed by atoms with E-state index in [0.717, 1.165) is 11.1 Å². The first-order chi connectivity index (χ1) is 9.13. The molecule has 1 aromatic rings. The number of fused-ring (bicyclic) bond motifs is 1. The normalized spacial score (nSPS) is 29.7. The summed E-state index contributed by atoms with van der Waals surface area (Å²) in [6.07, 6.45) is 4.28. The van der Waals surface area contributed by atoms with Crippen LogP contribution in [0.3, 0.4) is 0 Å². The van der Waals surface area contributed by atoms with Crippen LogP contribution in [-0.2, 0) is 25.2 Å². The van der Waals surface area contributed by atoms with Crippen LogP contribution < -0.4 is 58.2 Å². The number of aliphatic hydroxyl groups is 3. The average Bonchev–Trinajstić information content (AvgIpc) is 2.90. The molecule has 1 fully saturated rings. The SMILES string of the molecule is CC1=CC([C@H]2O[C@H](CO)[C@@H](O)[C-]2O)c2n[c-]n[c-]c21.[Rb+].[Re].[Rf]. The van der Waals surface area contributed by atoms with Crippen molar-refractivity contribution in [2.45, 2.75) is 31.2 Å². The van der Waals surface area contributed by atoms with Crippen LogP contribution in [-0.4, -0.2) is 50.2 Å². The number of aliphatic hydroxyl groups excluding tert-OH is 3. The van der Waals surface area contributed by atoms with E-state index in [-0.39, 0.29) is 97.2 Å². The third kappa shape index (κ3) is 3.62. The predicted molar refractivity (Wildman–Crippen MR) is 63.0 cm³/mol. The average molecular weight is 800 g/mol. The number of aromatic nitrogens is 2. The van der Waals surface area contributed by atoms with Crippen molar-refractivity contribution in [2.24, 2.45) is 0 Å². The summed E-state index contributed by atoms with van der Waals surface area (Å²) in [5.41, 5.74) is 2.37. The van der Waals surface area contributed by atoms with E-state index in [2.05, 4.69) is 22.5 Å². The summed E-state index contributed by atoms with van der Waals surface area (Å²) >= 11 is 0. The second kappa shape index (κ2) is 8.83. The summed E-state index contributed by atoms with van der Waals surface area (Å²) in [5.74, 6) is -0.323. The van der Waals surface area contributed by atoms with E-state index in [1.54, 1.807) is 0 Å². The number of nitrogens with zero attached hydrogens (tertiary/aromatic N) is 2. The number of ether oxygens (including phenoxy) is 1. The zero-order valence-corrected chi connectivity index (χ0v) is 26.4. The molecule has 22 heavy (non-hydrogen) atoms. The molecule has 4 atom stereocenters. The molecule has 3 rings (SSSR count). The fraction of sp³-hybridized carbons (Fsp3) is 0.462. The van der Waals surface area contributed by atoms with Crippen LogP contribution in [0.4, 0.5) is 0 Å². The molecular formula is C13H13N2O4RbReRf-2. The van der Waals surface area contributed by atoms with Gasteiger partial charge in [0.2, 0.25) is 0 Å². The number of hydrogen-bond acceptors (Lipinski definition) is 6. The molecule has 0 amide bonds. The second-order valence-corrected chi connectivity index (χ2v) is 4.72. The summed E-state index contributed by atoms with van der Waals surface area (Å²) in [6.45, 7) is 1.54. The molecule has 6 nitrogen and oxygen atoms in total. The maximum atomic E-state index is 9.97. The molecular weight excluding hydrogens is 787 g/mol. The van der Waals surface area contributed by atoms with Crippen LogP contribution in [0.5, 0.6) is 0 Å². The summed E-state index contributed by atoms with van der Waals surface area (Å²) in [6, 6.07) is 0. The van der Waals surface area contributed by atoms with Crippen LogP contribution in [0, 0.1) is 18.6 Å². The van der Waals surface area contributed by atoms with Gasteiger partial charge < -0.3 is 30.0 Å². The molecule has 1 aliphatic carbocycles. The number of hydrogen-bond donors (Lipinski definition) is 3. The van der Waals surface area contributed by atoms with E-state index in [4.69, 9.17) is 9.84 Å². The van der Waals surface area contributed by atoms with Gasteiger partial charge in [-0.1, -0.05) is 17.6 Å². The third-order valence-electron chi connectivity index (χ3n) is 3.56. The number of rotatable bonds is 2. The molecule has 2 heterocycles. The topological polar surface area (TPSA) is 95.7 Å². The first-order valence-corrected chi connectivity index (χ1v) is 5.98. The fourth-order valence-corrected chi connectivity index (χ4v) is 2.57. The largest absolute Gasteiger partial charge is 1.00 e. The molecule has 0 spiro atoms. The van der Waals surface area contributed by atoms with E-state index in [9.17, 15) is 10.2 Å². The molecule has 0 bridgehead atoms. The van der Waals surface area contributed by atoms with Crippen molar-refractivity contribution < 1.29 is 98.7 Å². The van der Waals surface area contributed by atoms with Gasteiger partial charge in [-0.15, -0.1) is 6.10 Å². The molecule has 1 aromatic heterocycles. The van der Waals surface area contributed by atoms with Gasteiger partial charge in [0.1, 0.15) is 0 Å². The standard InChI is InChI=1S/C13H13N2O4.Rb.Re.Rf/c1-6-2-7(10-8(6)3-14-5-15-10)13-12(18)11(17)9(4-16)19-13;;;/h2,7,9,11,13,16-18H,4H2,1H3;;;/q-3;+1;;/t7?,9-,11-,13-;;;/m1.../s1. The molecule has 9 heteroatoms. The van der Waals surface area contributed by atoms with Crippen molar-refractivity contribution in [1.82, 2.24) is 9.97 Å². The maximum Gasteiger partial charge on any atom is 1.00 e. The third-order valence-corrected chi connectivity index (χ3v) is 3.56. The van der Waals surface area contributed by atoms with Gasteiger partial charge in [0, 0.05) is 20.4 Å². The van der Waals surface area contributed by atoms with E-state index in [1.165, 1.54) is 0 Å². The number of allylic oxidation sites excluding steroid dienone is 1. The zero-order chi connectivity index (χ0) is 13.6. The summed E-state index contributed by atoms with van der Waals surface area (Å²) in [5, 5.41) is 28.8. The van der Waals surface area contributed by atoms with Crippen molar-refractivity contribution in [3.8, 4) is 0 Å². The molecule has 1 aliphatic heterocycles. The molecule has 0 saturated carbocycles. The molecule has 1 unspecified atom stereocenters. The minimum atomic E-state index is -1.18. The van der Waals surface area contributed by atoms with Gasteiger partial charge >= 0.3 is 58.2 Å². The van der Waals surface area contributed by atoms with Gasteiger partial charge in [0.15, 0.2) is 0 Å². The van der Waals surface area contributed by atoms with Gasteiger partial charge in [0.05, 0.1) is 12.7 Å². The Morgan fingerprint density at radius 3 is 2.73 bits per heavy atom. The first-order valence-electron chi connectivity index (χ1n) is 5.98. The monoisotopic (exact) mass is 800 g/mol. The second-order valence-electron chi connectivity index (χ2n) is 4.72. The Hall–Kier alpha value is 0.128. The quantitative estimate of drug-likeness (QED) is 0.271. The molecule has 1 saturated heterocycles. The van der Waals surface area contributed by atoms with Crippen molar-refractivity contribution in [1.29, 1.82) is 0 Å². The Labute approximate surface area is 185 Å². The van der Waals surface area contributed by atoms with Crippen molar-refractivity contribution in [2.75, 3.05) is 6.61 Å². The van der Waals surface area contributed by atoms with E-state index >= 15 is 0 Å². The van der Waals surface area contributed by atoms with Crippen LogP contribution >= 0.6 is 0 Å². The van der Waals surface area contributed by atoms with Gasteiger partial charge in [-0.25, -0.2) is 11.8 Å². The predicted octanol–water partition coefficient (Wildman–Crippen LogP) is -3.40. The Bertz CT molecular complexity index is 537. The van der Waals surface area contributed by atoms with Gasteiger partial charge in [-0.2, -0.15) is 12.0 Å². The van der Waals surface area contributed by atoms with Crippen molar-refractivity contribution in [3.63, 3.8) is 0 Å². The van der Waals surface area contributed by atoms with Crippen LogP contribution in [0.2, 0.25) is 0 Å². The smallest absolute Gasteiger partial charge is 0.558 e. The van der Waals surface area contributed by atoms with Crippen molar-refractivity contribution >= 4 is 5.57 Å². The van der Waals surface area contributed by atoms with Gasteiger partial charge in [-0.3, -0.25) is 0 Å². The van der Waals surface area contributed by atoms with Crippen LogP contribution in [0.1, 0.15) is 24.1 Å². The molecule has 3 N–H and O–H groups in total. The first kappa shape index (κ1) is 22.1. The van der Waals surface area contributed by atoms with Crippen LogP contribution in [0.25, 0.3) is 5.57 Å². The summed E-state index contributed by atoms with van der Waals surface area (Å²) in [7, 11) is 0. The molecule has 0 aromatic carbocycles. The van der Waals surface area contributed by atoms with E-state index in [1.807, 2.05) is 13.0 Å². The fourth-order valence-electron chi connectivity index (χ4n) is 2.57. The van der Waals surface area contributed by atoms with E-state index < -0.39 is 18.3 Å². The Balaban J connectivity index is 0.00000147. The van der Waals surface area contributed by atoms with E-state index in [0.29, 0.717) is 5.69 Å². The summed E-state index contributed by atoms with van der Waals surface area (Å²) < 4.78 is 5.50. The Kier molecular flexibility index (Phi) is 8.88. The molecule has 111 valence electrons. The Morgan fingerprint density at radius 2 is 2.14 bits per heavy atom.